The van der Waals surface area contributed by atoms with Crippen molar-refractivity contribution in [3.05, 3.63) is 70.8 Å². The third-order valence-electron chi connectivity index (χ3n) is 5.63. The first-order valence-corrected chi connectivity index (χ1v) is 11.2. The van der Waals surface area contributed by atoms with Crippen LogP contribution in [0, 0.1) is 19.7 Å². The van der Waals surface area contributed by atoms with Crippen LogP contribution in [0.2, 0.25) is 0 Å². The molecule has 2 amide bonds. The number of hydrogen-bond donors (Lipinski definition) is 1. The van der Waals surface area contributed by atoms with E-state index in [0.717, 1.165) is 46.3 Å². The van der Waals surface area contributed by atoms with Crippen LogP contribution >= 0.6 is 11.5 Å². The number of anilines is 2. The molecule has 162 valence electrons. The van der Waals surface area contributed by atoms with Crippen molar-refractivity contribution < 1.29 is 9.18 Å². The van der Waals surface area contributed by atoms with Gasteiger partial charge in [0.1, 0.15) is 11.6 Å². The van der Waals surface area contributed by atoms with Gasteiger partial charge in [-0.05, 0) is 55.2 Å². The molecule has 2 aromatic carbocycles. The van der Waals surface area contributed by atoms with E-state index in [4.69, 9.17) is 0 Å². The van der Waals surface area contributed by atoms with Gasteiger partial charge in [-0.2, -0.15) is 4.37 Å². The third kappa shape index (κ3) is 5.19. The number of aryl methyl sites for hydroxylation is 1. The fourth-order valence-corrected chi connectivity index (χ4v) is 4.36. The summed E-state index contributed by atoms with van der Waals surface area (Å²) >= 11 is 1.38. The van der Waals surface area contributed by atoms with Gasteiger partial charge in [0.25, 0.3) is 0 Å². The predicted molar refractivity (Wildman–Crippen MR) is 122 cm³/mol. The third-order valence-corrected chi connectivity index (χ3v) is 6.45. The second kappa shape index (κ2) is 9.43. The average Bonchev–Trinajstić information content (AvgIpc) is 3.07. The fourth-order valence-electron chi connectivity index (χ4n) is 3.62. The molecule has 0 aliphatic carbocycles. The lowest BCUT2D eigenvalue weighted by Gasteiger charge is -2.22. The molecular formula is C23H26FN5OS. The molecule has 31 heavy (non-hydrogen) atoms. The molecule has 0 spiro atoms. The van der Waals surface area contributed by atoms with Crippen molar-refractivity contribution in [3.8, 4) is 0 Å². The van der Waals surface area contributed by atoms with E-state index in [-0.39, 0.29) is 11.8 Å². The zero-order chi connectivity index (χ0) is 21.8. The molecule has 1 saturated heterocycles. The van der Waals surface area contributed by atoms with E-state index in [0.29, 0.717) is 26.1 Å². The number of aromatic nitrogens is 2. The first-order chi connectivity index (χ1) is 15.0. The van der Waals surface area contributed by atoms with Crippen molar-refractivity contribution >= 4 is 28.4 Å². The Labute approximate surface area is 185 Å². The zero-order valence-electron chi connectivity index (χ0n) is 17.8. The molecule has 0 atom stereocenters. The Hall–Kier alpha value is -3.00. The number of urea groups is 1. The molecule has 0 unspecified atom stereocenters. The highest BCUT2D eigenvalue weighted by Gasteiger charge is 2.22. The van der Waals surface area contributed by atoms with Gasteiger partial charge in [-0.1, -0.05) is 24.3 Å². The highest BCUT2D eigenvalue weighted by Crippen LogP contribution is 2.22. The minimum atomic E-state index is -0.244. The van der Waals surface area contributed by atoms with E-state index in [9.17, 15) is 9.18 Å². The highest BCUT2D eigenvalue weighted by atomic mass is 32.1. The van der Waals surface area contributed by atoms with Crippen LogP contribution in [0.15, 0.2) is 42.5 Å². The van der Waals surface area contributed by atoms with Crippen LogP contribution in [0.1, 0.15) is 28.9 Å². The Morgan fingerprint density at radius 1 is 1.10 bits per heavy atom. The Morgan fingerprint density at radius 2 is 1.90 bits per heavy atom. The van der Waals surface area contributed by atoms with Crippen LogP contribution in [0.5, 0.6) is 0 Å². The second-order valence-corrected chi connectivity index (χ2v) is 8.53. The standard InChI is InChI=1S/C23H26FN5OS/c1-16-5-3-6-20(17(16)2)25-22(30)28-11-4-12-29(14-13-28)23-26-21(27-31-23)15-18-7-9-19(24)10-8-18/h3,5-10H,4,11-15H2,1-2H3,(H,25,30). The summed E-state index contributed by atoms with van der Waals surface area (Å²) in [6, 6.07) is 12.3. The molecule has 3 aromatic rings. The maximum atomic E-state index is 13.1. The van der Waals surface area contributed by atoms with E-state index in [2.05, 4.69) is 19.6 Å². The molecule has 0 radical (unpaired) electrons. The van der Waals surface area contributed by atoms with E-state index in [1.54, 1.807) is 12.1 Å². The molecule has 6 nitrogen and oxygen atoms in total. The number of benzene rings is 2. The molecule has 0 bridgehead atoms. The molecule has 8 heteroatoms. The first kappa shape index (κ1) is 21.2. The van der Waals surface area contributed by atoms with E-state index >= 15 is 0 Å². The lowest BCUT2D eigenvalue weighted by atomic mass is 10.1. The van der Waals surface area contributed by atoms with Gasteiger partial charge in [0.05, 0.1) is 0 Å². The van der Waals surface area contributed by atoms with Gasteiger partial charge in [-0.3, -0.25) is 0 Å². The Kier molecular flexibility index (Phi) is 6.46. The summed E-state index contributed by atoms with van der Waals surface area (Å²) in [5.41, 5.74) is 4.10. The molecule has 2 heterocycles. The fraction of sp³-hybridized carbons (Fsp3) is 0.348. The minimum absolute atomic E-state index is 0.0650. The van der Waals surface area contributed by atoms with Crippen molar-refractivity contribution in [1.82, 2.24) is 14.3 Å². The summed E-state index contributed by atoms with van der Waals surface area (Å²) in [6.07, 6.45) is 1.45. The number of nitrogens with one attached hydrogen (secondary N) is 1. The van der Waals surface area contributed by atoms with Crippen LogP contribution in [0.25, 0.3) is 0 Å². The average molecular weight is 440 g/mol. The van der Waals surface area contributed by atoms with Crippen molar-refractivity contribution in [2.45, 2.75) is 26.7 Å². The van der Waals surface area contributed by atoms with Gasteiger partial charge in [0.15, 0.2) is 0 Å². The number of amides is 2. The smallest absolute Gasteiger partial charge is 0.321 e. The predicted octanol–water partition coefficient (Wildman–Crippen LogP) is 4.63. The van der Waals surface area contributed by atoms with Crippen molar-refractivity contribution in [2.24, 2.45) is 0 Å². The summed E-state index contributed by atoms with van der Waals surface area (Å²) in [6.45, 7) is 6.94. The van der Waals surface area contributed by atoms with Crippen LogP contribution in [-0.2, 0) is 6.42 Å². The molecular weight excluding hydrogens is 413 g/mol. The Balaban J connectivity index is 1.35. The Bertz CT molecular complexity index is 1050. The molecule has 1 N–H and O–H groups in total. The largest absolute Gasteiger partial charge is 0.345 e. The number of carbonyl (C=O) groups is 1. The molecule has 1 aliphatic heterocycles. The van der Waals surface area contributed by atoms with Gasteiger partial charge in [-0.25, -0.2) is 14.2 Å². The summed E-state index contributed by atoms with van der Waals surface area (Å²) < 4.78 is 17.6. The molecule has 1 aliphatic rings. The summed E-state index contributed by atoms with van der Waals surface area (Å²) in [5.74, 6) is 0.492. The second-order valence-electron chi connectivity index (χ2n) is 7.80. The lowest BCUT2D eigenvalue weighted by Crippen LogP contribution is -2.38. The maximum Gasteiger partial charge on any atom is 0.321 e. The summed E-state index contributed by atoms with van der Waals surface area (Å²) in [7, 11) is 0. The van der Waals surface area contributed by atoms with Crippen LogP contribution in [0.4, 0.5) is 20.0 Å². The zero-order valence-corrected chi connectivity index (χ0v) is 18.6. The van der Waals surface area contributed by atoms with Crippen LogP contribution in [0.3, 0.4) is 0 Å². The number of carbonyl (C=O) groups excluding carboxylic acids is 1. The highest BCUT2D eigenvalue weighted by molar-refractivity contribution is 7.09. The van der Waals surface area contributed by atoms with E-state index < -0.39 is 0 Å². The lowest BCUT2D eigenvalue weighted by molar-refractivity contribution is 0.215. The molecule has 1 aromatic heterocycles. The maximum absolute atomic E-state index is 13.1. The minimum Gasteiger partial charge on any atom is -0.345 e. The molecule has 4 rings (SSSR count). The van der Waals surface area contributed by atoms with Gasteiger partial charge in [-0.15, -0.1) is 0 Å². The van der Waals surface area contributed by atoms with Crippen molar-refractivity contribution in [3.63, 3.8) is 0 Å². The first-order valence-electron chi connectivity index (χ1n) is 10.4. The van der Waals surface area contributed by atoms with Crippen LogP contribution in [-0.4, -0.2) is 46.5 Å². The quantitative estimate of drug-likeness (QED) is 0.644. The van der Waals surface area contributed by atoms with Crippen molar-refractivity contribution in [2.75, 3.05) is 36.4 Å². The number of hydrogen-bond acceptors (Lipinski definition) is 5. The number of nitrogens with zero attached hydrogens (tertiary/aromatic N) is 4. The SMILES string of the molecule is Cc1cccc(NC(=O)N2CCCN(c3nc(Cc4ccc(F)cc4)ns3)CC2)c1C. The monoisotopic (exact) mass is 439 g/mol. The topological polar surface area (TPSA) is 61.4 Å². The molecule has 1 fully saturated rings. The van der Waals surface area contributed by atoms with Crippen molar-refractivity contribution in [1.29, 1.82) is 0 Å². The number of halogens is 1. The van der Waals surface area contributed by atoms with Gasteiger partial charge < -0.3 is 15.1 Å². The van der Waals surface area contributed by atoms with E-state index in [1.807, 2.05) is 36.9 Å². The Morgan fingerprint density at radius 3 is 2.71 bits per heavy atom. The number of rotatable bonds is 4. The van der Waals surface area contributed by atoms with Gasteiger partial charge in [0.2, 0.25) is 5.13 Å². The van der Waals surface area contributed by atoms with E-state index in [1.165, 1.54) is 23.7 Å². The van der Waals surface area contributed by atoms with Gasteiger partial charge in [0, 0.05) is 49.8 Å². The molecule has 0 saturated carbocycles. The normalized spacial score (nSPS) is 14.4. The van der Waals surface area contributed by atoms with Crippen LogP contribution < -0.4 is 10.2 Å². The van der Waals surface area contributed by atoms with Gasteiger partial charge >= 0.3 is 6.03 Å². The summed E-state index contributed by atoms with van der Waals surface area (Å²) in [4.78, 5) is 21.5. The summed E-state index contributed by atoms with van der Waals surface area (Å²) in [5, 5.41) is 3.92.